The second-order valence-electron chi connectivity index (χ2n) is 7.74. The number of carbonyl (C=O) groups excluding carboxylic acids is 2. The maximum Gasteiger partial charge on any atom is 0.323 e. The number of hydrogen-bond acceptors (Lipinski definition) is 6. The number of likely N-dealkylation sites (N-methyl/N-ethyl adjacent to an activating group) is 1. The largest absolute Gasteiger partial charge is 0.480 e. The van der Waals surface area contributed by atoms with Gasteiger partial charge in [-0.2, -0.15) is 0 Å². The first-order valence-corrected chi connectivity index (χ1v) is 10.5. The second-order valence-corrected chi connectivity index (χ2v) is 7.74. The number of carbonyl (C=O) groups is 3. The molecule has 0 aliphatic carbocycles. The number of amides is 2. The molecular formula is C23H29N5O4. The molecule has 0 fully saturated rings. The highest BCUT2D eigenvalue weighted by Gasteiger charge is 2.27. The van der Waals surface area contributed by atoms with Gasteiger partial charge in [0.05, 0.1) is 6.54 Å². The van der Waals surface area contributed by atoms with Crippen molar-refractivity contribution >= 4 is 23.5 Å². The van der Waals surface area contributed by atoms with Crippen molar-refractivity contribution in [1.82, 2.24) is 20.9 Å². The van der Waals surface area contributed by atoms with Gasteiger partial charge in [-0.1, -0.05) is 37.3 Å². The van der Waals surface area contributed by atoms with Gasteiger partial charge in [-0.25, -0.2) is 10.4 Å². The second kappa shape index (κ2) is 10.3. The van der Waals surface area contributed by atoms with Gasteiger partial charge >= 0.3 is 5.97 Å². The molecule has 0 aromatic heterocycles. The molecule has 9 heteroatoms. The van der Waals surface area contributed by atoms with Crippen molar-refractivity contribution in [3.63, 3.8) is 0 Å². The Hall–Kier alpha value is -3.43. The molecule has 1 heterocycles. The van der Waals surface area contributed by atoms with Crippen molar-refractivity contribution in [2.45, 2.75) is 26.9 Å². The molecule has 170 valence electrons. The number of aliphatic carboxylic acids is 1. The third-order valence-corrected chi connectivity index (χ3v) is 5.45. The van der Waals surface area contributed by atoms with Crippen LogP contribution < -0.4 is 15.8 Å². The number of nitrogens with zero attached hydrogens (tertiary/aromatic N) is 3. The molecule has 0 spiro atoms. The summed E-state index contributed by atoms with van der Waals surface area (Å²) in [5.41, 5.74) is 9.35. The average molecular weight is 440 g/mol. The molecule has 0 radical (unpaired) electrons. The number of nitrogens with one attached hydrogen (secondary N) is 2. The van der Waals surface area contributed by atoms with Crippen LogP contribution in [0.5, 0.6) is 0 Å². The fourth-order valence-corrected chi connectivity index (χ4v) is 3.67. The Morgan fingerprint density at radius 3 is 2.31 bits per heavy atom. The van der Waals surface area contributed by atoms with E-state index in [1.807, 2.05) is 43.1 Å². The van der Waals surface area contributed by atoms with Gasteiger partial charge in [-0.05, 0) is 35.7 Å². The summed E-state index contributed by atoms with van der Waals surface area (Å²) in [6.07, 6.45) is 0. The first-order valence-electron chi connectivity index (χ1n) is 10.5. The van der Waals surface area contributed by atoms with Crippen molar-refractivity contribution in [3.8, 4) is 0 Å². The Bertz CT molecular complexity index is 985. The van der Waals surface area contributed by atoms with E-state index >= 15 is 0 Å². The van der Waals surface area contributed by atoms with Crippen LogP contribution in [0.3, 0.4) is 0 Å². The molecule has 0 bridgehead atoms. The number of carboxylic acid groups (broad SMARTS) is 1. The fourth-order valence-electron chi connectivity index (χ4n) is 3.67. The Balaban J connectivity index is 1.77. The minimum absolute atomic E-state index is 0.130. The number of hydrogen-bond donors (Lipinski definition) is 3. The summed E-state index contributed by atoms with van der Waals surface area (Å²) < 4.78 is 0. The van der Waals surface area contributed by atoms with Crippen LogP contribution in [0.25, 0.3) is 0 Å². The summed E-state index contributed by atoms with van der Waals surface area (Å²) in [5, 5.41) is 12.9. The smallest absolute Gasteiger partial charge is 0.323 e. The van der Waals surface area contributed by atoms with E-state index in [0.29, 0.717) is 30.9 Å². The normalized spacial score (nSPS) is 12.8. The van der Waals surface area contributed by atoms with Crippen molar-refractivity contribution in [1.29, 1.82) is 0 Å². The van der Waals surface area contributed by atoms with Gasteiger partial charge in [0.25, 0.3) is 11.8 Å². The van der Waals surface area contributed by atoms with Crippen LogP contribution in [0.2, 0.25) is 0 Å². The lowest BCUT2D eigenvalue weighted by molar-refractivity contribution is -0.145. The van der Waals surface area contributed by atoms with E-state index in [1.54, 1.807) is 30.3 Å². The molecular weight excluding hydrogens is 410 g/mol. The van der Waals surface area contributed by atoms with Crippen LogP contribution in [0.15, 0.2) is 42.5 Å². The highest BCUT2D eigenvalue weighted by Crippen LogP contribution is 2.25. The van der Waals surface area contributed by atoms with Gasteiger partial charge in [-0.15, -0.1) is 0 Å². The summed E-state index contributed by atoms with van der Waals surface area (Å²) in [6.45, 7) is 5.00. The summed E-state index contributed by atoms with van der Waals surface area (Å²) in [4.78, 5) is 38.4. The lowest BCUT2D eigenvalue weighted by Gasteiger charge is -2.31. The van der Waals surface area contributed by atoms with E-state index in [0.717, 1.165) is 5.56 Å². The summed E-state index contributed by atoms with van der Waals surface area (Å²) in [6, 6.07) is 13.1. The molecule has 0 unspecified atom stereocenters. The Labute approximate surface area is 187 Å². The number of rotatable bonds is 9. The number of carboxylic acids is 1. The molecule has 3 N–H and O–H groups in total. The molecule has 0 saturated carbocycles. The SMILES string of the molecule is CCNNC(=O)c1ccc(C)c(N(CC(=O)O)CC(=O)N(C)N2Cc3ccccc3C2)c1. The topological polar surface area (TPSA) is 105 Å². The van der Waals surface area contributed by atoms with Gasteiger partial charge in [0.2, 0.25) is 0 Å². The van der Waals surface area contributed by atoms with Crippen LogP contribution in [0.4, 0.5) is 5.69 Å². The van der Waals surface area contributed by atoms with E-state index in [9.17, 15) is 19.5 Å². The third kappa shape index (κ3) is 5.43. The number of anilines is 1. The minimum atomic E-state index is -1.06. The molecule has 2 aromatic rings. The van der Waals surface area contributed by atoms with Crippen LogP contribution in [0, 0.1) is 6.92 Å². The fraction of sp³-hybridized carbons (Fsp3) is 0.348. The molecule has 2 aromatic carbocycles. The molecule has 0 atom stereocenters. The van der Waals surface area contributed by atoms with E-state index in [2.05, 4.69) is 10.9 Å². The number of hydrazine groups is 2. The Kier molecular flexibility index (Phi) is 7.45. The molecule has 0 saturated heterocycles. The maximum absolute atomic E-state index is 13.1. The van der Waals surface area contributed by atoms with Crippen molar-refractivity contribution in [3.05, 3.63) is 64.7 Å². The Morgan fingerprint density at radius 1 is 1.06 bits per heavy atom. The van der Waals surface area contributed by atoms with Crippen molar-refractivity contribution in [2.75, 3.05) is 31.6 Å². The average Bonchev–Trinajstić information content (AvgIpc) is 3.20. The van der Waals surface area contributed by atoms with Crippen molar-refractivity contribution in [2.24, 2.45) is 0 Å². The van der Waals surface area contributed by atoms with E-state index in [1.165, 1.54) is 16.0 Å². The summed E-state index contributed by atoms with van der Waals surface area (Å²) >= 11 is 0. The van der Waals surface area contributed by atoms with Gasteiger partial charge < -0.3 is 10.0 Å². The lowest BCUT2D eigenvalue weighted by atomic mass is 10.1. The first kappa shape index (κ1) is 23.2. The molecule has 32 heavy (non-hydrogen) atoms. The number of benzene rings is 2. The summed E-state index contributed by atoms with van der Waals surface area (Å²) in [7, 11) is 1.69. The lowest BCUT2D eigenvalue weighted by Crippen LogP contribution is -2.47. The predicted molar refractivity (Wildman–Crippen MR) is 121 cm³/mol. The van der Waals surface area contributed by atoms with Crippen LogP contribution in [-0.2, 0) is 22.7 Å². The Morgan fingerprint density at radius 2 is 1.72 bits per heavy atom. The third-order valence-electron chi connectivity index (χ3n) is 5.45. The highest BCUT2D eigenvalue weighted by molar-refractivity contribution is 5.95. The van der Waals surface area contributed by atoms with Crippen LogP contribution >= 0.6 is 0 Å². The zero-order chi connectivity index (χ0) is 23.3. The zero-order valence-electron chi connectivity index (χ0n) is 18.6. The monoisotopic (exact) mass is 439 g/mol. The van der Waals surface area contributed by atoms with Gasteiger partial charge in [0.15, 0.2) is 0 Å². The number of fused-ring (bicyclic) bond motifs is 1. The van der Waals surface area contributed by atoms with Crippen molar-refractivity contribution < 1.29 is 19.5 Å². The van der Waals surface area contributed by atoms with Gasteiger partial charge in [0.1, 0.15) is 6.54 Å². The van der Waals surface area contributed by atoms with E-state index < -0.39 is 5.97 Å². The zero-order valence-corrected chi connectivity index (χ0v) is 18.6. The van der Waals surface area contributed by atoms with Gasteiger partial charge in [0, 0.05) is 37.9 Å². The quantitative estimate of drug-likeness (QED) is 0.509. The van der Waals surface area contributed by atoms with E-state index in [-0.39, 0.29) is 24.9 Å². The summed E-state index contributed by atoms with van der Waals surface area (Å²) in [5.74, 6) is -1.63. The molecule has 9 nitrogen and oxygen atoms in total. The molecule has 3 rings (SSSR count). The number of aryl methyl sites for hydroxylation is 1. The maximum atomic E-state index is 13.1. The molecule has 1 aliphatic rings. The predicted octanol–water partition coefficient (Wildman–Crippen LogP) is 1.53. The van der Waals surface area contributed by atoms with Crippen LogP contribution in [0.1, 0.15) is 34.0 Å². The molecule has 1 aliphatic heterocycles. The molecule has 2 amide bonds. The van der Waals surface area contributed by atoms with Crippen LogP contribution in [-0.4, -0.2) is 59.6 Å². The standard InChI is InChI=1S/C23H29N5O4/c1-4-24-25-23(32)17-10-9-16(2)20(11-17)27(15-22(30)31)14-21(29)26(3)28-12-18-7-5-6-8-19(18)13-28/h5-11,24H,4,12-15H2,1-3H3,(H,25,32)(H,30,31). The minimum Gasteiger partial charge on any atom is -0.480 e. The van der Waals surface area contributed by atoms with E-state index in [4.69, 9.17) is 0 Å². The highest BCUT2D eigenvalue weighted by atomic mass is 16.4. The first-order chi connectivity index (χ1) is 15.3. The van der Waals surface area contributed by atoms with Gasteiger partial charge in [-0.3, -0.25) is 24.8 Å².